The quantitative estimate of drug-likeness (QED) is 0.0419. The molecule has 0 fully saturated rings. The lowest BCUT2D eigenvalue weighted by atomic mass is 9.80. The van der Waals surface area contributed by atoms with Gasteiger partial charge in [0.1, 0.15) is 5.60 Å². The van der Waals surface area contributed by atoms with Crippen molar-refractivity contribution in [3.63, 3.8) is 0 Å². The molecule has 0 amide bonds. The zero-order chi connectivity index (χ0) is 39.3. The number of rotatable bonds is 39. The van der Waals surface area contributed by atoms with Crippen molar-refractivity contribution < 1.29 is 37.9 Å². The highest BCUT2D eigenvalue weighted by atomic mass is 16.6. The van der Waals surface area contributed by atoms with Crippen molar-refractivity contribution in [2.24, 2.45) is 0 Å². The van der Waals surface area contributed by atoms with Crippen LogP contribution in [-0.4, -0.2) is 99.1 Å². The molecule has 0 atom stereocenters. The molecule has 0 aliphatic heterocycles. The molecule has 0 N–H and O–H groups in total. The van der Waals surface area contributed by atoms with Crippen LogP contribution in [0, 0.1) is 0 Å². The van der Waals surface area contributed by atoms with Crippen LogP contribution in [0.1, 0.15) is 107 Å². The van der Waals surface area contributed by atoms with Crippen LogP contribution in [0.15, 0.2) is 91.0 Å². The van der Waals surface area contributed by atoms with Crippen LogP contribution in [-0.2, 0) is 43.5 Å². The van der Waals surface area contributed by atoms with Crippen molar-refractivity contribution in [1.29, 1.82) is 0 Å². The molecule has 0 heterocycles. The molecule has 0 aliphatic carbocycles. The zero-order valence-corrected chi connectivity index (χ0v) is 34.7. The summed E-state index contributed by atoms with van der Waals surface area (Å²) in [5.74, 6) is 0. The lowest BCUT2D eigenvalue weighted by molar-refractivity contribution is -0.0397. The van der Waals surface area contributed by atoms with Crippen LogP contribution in [0.3, 0.4) is 0 Å². The van der Waals surface area contributed by atoms with Gasteiger partial charge < -0.3 is 37.9 Å². The van der Waals surface area contributed by atoms with Crippen molar-refractivity contribution in [2.45, 2.75) is 96.0 Å². The van der Waals surface area contributed by atoms with E-state index in [0.29, 0.717) is 92.5 Å². The van der Waals surface area contributed by atoms with Crippen molar-refractivity contribution >= 4 is 0 Å². The zero-order valence-electron chi connectivity index (χ0n) is 34.7. The summed E-state index contributed by atoms with van der Waals surface area (Å²) in [6.45, 7) is 10.5. The van der Waals surface area contributed by atoms with Gasteiger partial charge in [0, 0.05) is 6.61 Å². The Hall–Kier alpha value is -2.66. The van der Waals surface area contributed by atoms with Gasteiger partial charge in [-0.1, -0.05) is 175 Å². The third-order valence-corrected chi connectivity index (χ3v) is 9.71. The summed E-state index contributed by atoms with van der Waals surface area (Å²) in [6.07, 6.45) is 17.8. The molecule has 0 bridgehead atoms. The second-order valence-electron chi connectivity index (χ2n) is 14.2. The van der Waals surface area contributed by atoms with Gasteiger partial charge >= 0.3 is 0 Å². The van der Waals surface area contributed by atoms with Gasteiger partial charge in [-0.3, -0.25) is 0 Å². The molecule has 0 radical (unpaired) electrons. The van der Waals surface area contributed by atoms with E-state index in [-0.39, 0.29) is 0 Å². The molecule has 3 rings (SSSR count). The van der Waals surface area contributed by atoms with Gasteiger partial charge in [-0.25, -0.2) is 0 Å². The predicted molar refractivity (Wildman–Crippen MR) is 227 cm³/mol. The van der Waals surface area contributed by atoms with E-state index in [2.05, 4.69) is 79.7 Å². The Kier molecular flexibility index (Phi) is 29.3. The maximum absolute atomic E-state index is 6.74. The maximum atomic E-state index is 6.74. The highest BCUT2D eigenvalue weighted by Gasteiger charge is 2.37. The van der Waals surface area contributed by atoms with Crippen LogP contribution in [0.2, 0.25) is 0 Å². The highest BCUT2D eigenvalue weighted by Crippen LogP contribution is 2.40. The first-order valence-corrected chi connectivity index (χ1v) is 21.7. The summed E-state index contributed by atoms with van der Waals surface area (Å²) in [7, 11) is 0. The summed E-state index contributed by atoms with van der Waals surface area (Å²) in [5.41, 5.74) is 2.49. The average Bonchev–Trinajstić information content (AvgIpc) is 3.24. The van der Waals surface area contributed by atoms with E-state index in [1.54, 1.807) is 0 Å². The van der Waals surface area contributed by atoms with E-state index in [4.69, 9.17) is 37.9 Å². The van der Waals surface area contributed by atoms with Crippen molar-refractivity contribution in [3.8, 4) is 0 Å². The molecule has 3 aromatic carbocycles. The number of hydrogen-bond donors (Lipinski definition) is 0. The number of ether oxygens (including phenoxy) is 8. The van der Waals surface area contributed by atoms with Crippen LogP contribution in [0.5, 0.6) is 0 Å². The monoisotopic (exact) mass is 779 g/mol. The van der Waals surface area contributed by atoms with Crippen molar-refractivity contribution in [3.05, 3.63) is 108 Å². The molecule has 0 saturated carbocycles. The van der Waals surface area contributed by atoms with Gasteiger partial charge in [0.15, 0.2) is 0 Å². The number of unbranched alkanes of at least 4 members (excludes halogenated alkanes) is 12. The van der Waals surface area contributed by atoms with Gasteiger partial charge in [-0.2, -0.15) is 0 Å². The molecule has 0 spiro atoms. The van der Waals surface area contributed by atoms with E-state index in [0.717, 1.165) is 29.7 Å². The maximum Gasteiger partial charge on any atom is 0.143 e. The first-order valence-electron chi connectivity index (χ1n) is 21.7. The van der Waals surface area contributed by atoms with Crippen LogP contribution < -0.4 is 0 Å². The van der Waals surface area contributed by atoms with Gasteiger partial charge in [0.05, 0.1) is 92.5 Å². The minimum absolute atomic E-state index is 0.426. The largest absolute Gasteiger partial charge is 0.379 e. The lowest BCUT2D eigenvalue weighted by Crippen LogP contribution is -2.34. The number of benzene rings is 3. The van der Waals surface area contributed by atoms with Crippen LogP contribution in [0.4, 0.5) is 0 Å². The van der Waals surface area contributed by atoms with Crippen molar-refractivity contribution in [2.75, 3.05) is 99.1 Å². The average molecular weight is 779 g/mol. The van der Waals surface area contributed by atoms with E-state index in [1.165, 1.54) is 77.0 Å². The molecule has 0 aliphatic rings. The Morgan fingerprint density at radius 1 is 0.286 bits per heavy atom. The molecule has 8 heteroatoms. The van der Waals surface area contributed by atoms with E-state index < -0.39 is 5.60 Å². The lowest BCUT2D eigenvalue weighted by Gasteiger charge is -2.36. The molecular formula is C48H74O8. The summed E-state index contributed by atoms with van der Waals surface area (Å²) in [5, 5.41) is 0. The Morgan fingerprint density at radius 2 is 0.536 bits per heavy atom. The number of hydrogen-bond acceptors (Lipinski definition) is 8. The first kappa shape index (κ1) is 47.7. The SMILES string of the molecule is CCCCCCCCCCCCCCCOCCOCCOCCOCCOCCOCCOCCOC(c1ccccc1)(c1ccccc1)c1ccccc1. The fourth-order valence-electron chi connectivity index (χ4n) is 6.67. The molecule has 314 valence electrons. The Bertz CT molecular complexity index is 1150. The normalized spacial score (nSPS) is 11.7. The predicted octanol–water partition coefficient (Wildman–Crippen LogP) is 10.2. The Balaban J connectivity index is 1.04. The molecular weight excluding hydrogens is 705 g/mol. The third-order valence-electron chi connectivity index (χ3n) is 9.71. The topological polar surface area (TPSA) is 73.8 Å². The molecule has 56 heavy (non-hydrogen) atoms. The molecule has 0 unspecified atom stereocenters. The fourth-order valence-corrected chi connectivity index (χ4v) is 6.67. The van der Waals surface area contributed by atoms with Gasteiger partial charge in [0.25, 0.3) is 0 Å². The summed E-state index contributed by atoms with van der Waals surface area (Å²) >= 11 is 0. The molecule has 3 aromatic rings. The van der Waals surface area contributed by atoms with Crippen LogP contribution in [0.25, 0.3) is 0 Å². The van der Waals surface area contributed by atoms with E-state index in [1.807, 2.05) is 18.2 Å². The van der Waals surface area contributed by atoms with Gasteiger partial charge in [0.2, 0.25) is 0 Å². The van der Waals surface area contributed by atoms with Crippen LogP contribution >= 0.6 is 0 Å². The molecule has 8 nitrogen and oxygen atoms in total. The minimum Gasteiger partial charge on any atom is -0.379 e. The second kappa shape index (κ2) is 34.4. The van der Waals surface area contributed by atoms with Crippen molar-refractivity contribution in [1.82, 2.24) is 0 Å². The summed E-state index contributed by atoms with van der Waals surface area (Å²) < 4.78 is 46.4. The fraction of sp³-hybridized carbons (Fsp3) is 0.625. The smallest absolute Gasteiger partial charge is 0.143 e. The molecule has 0 saturated heterocycles. The second-order valence-corrected chi connectivity index (χ2v) is 14.2. The first-order chi connectivity index (χ1) is 27.9. The van der Waals surface area contributed by atoms with Gasteiger partial charge in [-0.15, -0.1) is 0 Å². The molecule has 0 aromatic heterocycles. The van der Waals surface area contributed by atoms with E-state index >= 15 is 0 Å². The summed E-state index contributed by atoms with van der Waals surface area (Å²) in [6, 6.07) is 31.1. The Morgan fingerprint density at radius 3 is 0.839 bits per heavy atom. The standard InChI is InChI=1S/C48H74O8/c1-2-3-4-5-6-7-8-9-10-11-12-13-23-30-49-31-32-50-33-34-51-35-36-52-37-38-53-39-40-54-41-42-55-43-44-56-48(45-24-17-14-18-25-45,46-26-19-15-20-27-46)47-28-21-16-22-29-47/h14-22,24-29H,2-13,23,30-44H2,1H3. The minimum atomic E-state index is -0.743. The van der Waals surface area contributed by atoms with Gasteiger partial charge in [-0.05, 0) is 23.1 Å². The Labute approximate surface area is 339 Å². The van der Waals surface area contributed by atoms with E-state index in [9.17, 15) is 0 Å². The summed E-state index contributed by atoms with van der Waals surface area (Å²) in [4.78, 5) is 0. The highest BCUT2D eigenvalue weighted by molar-refractivity contribution is 5.47. The third kappa shape index (κ3) is 21.8.